The lowest BCUT2D eigenvalue weighted by molar-refractivity contribution is 0.0884. The van der Waals surface area contributed by atoms with Crippen LogP contribution in [0.1, 0.15) is 18.9 Å². The second-order valence-electron chi connectivity index (χ2n) is 5.04. The van der Waals surface area contributed by atoms with Gasteiger partial charge in [-0.2, -0.15) is 0 Å². The van der Waals surface area contributed by atoms with E-state index in [-0.39, 0.29) is 0 Å². The number of hydrogen-bond acceptors (Lipinski definition) is 4. The number of likely N-dealkylation sites (N-methyl/N-ethyl adjacent to an activating group) is 1. The predicted octanol–water partition coefficient (Wildman–Crippen LogP) is 1.65. The number of piperazine rings is 1. The molecule has 0 saturated carbocycles. The number of rotatable bonds is 4. The van der Waals surface area contributed by atoms with Crippen molar-refractivity contribution in [1.82, 2.24) is 14.8 Å². The molecule has 4 heteroatoms. The Morgan fingerprint density at radius 3 is 3.00 bits per heavy atom. The first-order valence-corrected chi connectivity index (χ1v) is 6.78. The second kappa shape index (κ2) is 6.16. The molecule has 0 aromatic carbocycles. The van der Waals surface area contributed by atoms with Crippen molar-refractivity contribution in [3.63, 3.8) is 0 Å². The Morgan fingerprint density at radius 2 is 2.28 bits per heavy atom. The van der Waals surface area contributed by atoms with Crippen LogP contribution in [0, 0.1) is 0 Å². The molecule has 1 fully saturated rings. The van der Waals surface area contributed by atoms with Crippen LogP contribution in [0.25, 0.3) is 0 Å². The first-order chi connectivity index (χ1) is 8.74. The number of aromatic nitrogens is 1. The summed E-state index contributed by atoms with van der Waals surface area (Å²) in [5.41, 5.74) is 1.29. The van der Waals surface area contributed by atoms with Gasteiger partial charge < -0.3 is 10.2 Å². The summed E-state index contributed by atoms with van der Waals surface area (Å²) in [5.74, 6) is 1.00. The van der Waals surface area contributed by atoms with E-state index in [2.05, 4.69) is 40.1 Å². The van der Waals surface area contributed by atoms with E-state index in [1.54, 1.807) is 0 Å². The fourth-order valence-corrected chi connectivity index (χ4v) is 2.63. The highest BCUT2D eigenvalue weighted by Gasteiger charge is 2.23. The summed E-state index contributed by atoms with van der Waals surface area (Å²) in [7, 11) is 4.17. The summed E-state index contributed by atoms with van der Waals surface area (Å²) >= 11 is 0. The van der Waals surface area contributed by atoms with E-state index in [0.717, 1.165) is 32.0 Å². The SMILES string of the molecule is CCC1CN(Cc2cccnc2NC)CCN1C. The Hall–Kier alpha value is -1.13. The topological polar surface area (TPSA) is 31.4 Å². The highest BCUT2D eigenvalue weighted by atomic mass is 15.3. The Kier molecular flexibility index (Phi) is 4.55. The highest BCUT2D eigenvalue weighted by Crippen LogP contribution is 2.17. The second-order valence-corrected chi connectivity index (χ2v) is 5.04. The molecular formula is C14H24N4. The van der Waals surface area contributed by atoms with Gasteiger partial charge in [0.2, 0.25) is 0 Å². The van der Waals surface area contributed by atoms with Crippen molar-refractivity contribution < 1.29 is 0 Å². The summed E-state index contributed by atoms with van der Waals surface area (Å²) in [5, 5.41) is 3.17. The average Bonchev–Trinajstić information content (AvgIpc) is 2.41. The highest BCUT2D eigenvalue weighted by molar-refractivity contribution is 5.42. The standard InChI is InChI=1S/C14H24N4/c1-4-13-11-18(9-8-17(13)3)10-12-6-5-7-16-14(12)15-2/h5-7,13H,4,8-11H2,1-3H3,(H,15,16). The molecule has 2 heterocycles. The summed E-state index contributed by atoms with van der Waals surface area (Å²) in [6.45, 7) is 6.73. The first kappa shape index (κ1) is 13.3. The Labute approximate surface area is 110 Å². The van der Waals surface area contributed by atoms with Crippen molar-refractivity contribution in [1.29, 1.82) is 0 Å². The largest absolute Gasteiger partial charge is 0.373 e. The van der Waals surface area contributed by atoms with Gasteiger partial charge in [0.05, 0.1) is 0 Å². The summed E-state index contributed by atoms with van der Waals surface area (Å²) in [4.78, 5) is 9.37. The first-order valence-electron chi connectivity index (χ1n) is 6.78. The number of anilines is 1. The van der Waals surface area contributed by atoms with E-state index < -0.39 is 0 Å². The predicted molar refractivity (Wildman–Crippen MR) is 75.8 cm³/mol. The van der Waals surface area contributed by atoms with Gasteiger partial charge in [-0.25, -0.2) is 4.98 Å². The molecule has 1 N–H and O–H groups in total. The molecule has 1 aliphatic heterocycles. The molecule has 0 radical (unpaired) electrons. The third kappa shape index (κ3) is 3.00. The van der Waals surface area contributed by atoms with Crippen molar-refractivity contribution in [3.05, 3.63) is 23.9 Å². The Morgan fingerprint density at radius 1 is 1.44 bits per heavy atom. The lowest BCUT2D eigenvalue weighted by Crippen LogP contribution is -2.50. The molecule has 1 unspecified atom stereocenters. The van der Waals surface area contributed by atoms with Crippen LogP contribution in [-0.2, 0) is 6.54 Å². The van der Waals surface area contributed by atoms with Crippen molar-refractivity contribution >= 4 is 5.82 Å². The van der Waals surface area contributed by atoms with E-state index in [1.807, 2.05) is 19.3 Å². The normalized spacial score (nSPS) is 22.1. The number of pyridine rings is 1. The van der Waals surface area contributed by atoms with E-state index in [4.69, 9.17) is 0 Å². The third-order valence-electron chi connectivity index (χ3n) is 3.85. The number of nitrogens with zero attached hydrogens (tertiary/aromatic N) is 3. The molecule has 0 aliphatic carbocycles. The van der Waals surface area contributed by atoms with Crippen LogP contribution in [0.5, 0.6) is 0 Å². The molecule has 4 nitrogen and oxygen atoms in total. The average molecular weight is 248 g/mol. The van der Waals surface area contributed by atoms with E-state index in [9.17, 15) is 0 Å². The monoisotopic (exact) mass is 248 g/mol. The van der Waals surface area contributed by atoms with Crippen molar-refractivity contribution in [2.75, 3.05) is 39.0 Å². The molecule has 2 rings (SSSR count). The van der Waals surface area contributed by atoms with Crippen LogP contribution in [0.4, 0.5) is 5.82 Å². The zero-order valence-corrected chi connectivity index (χ0v) is 11.7. The molecule has 1 atom stereocenters. The van der Waals surface area contributed by atoms with E-state index in [0.29, 0.717) is 6.04 Å². The molecule has 1 aliphatic rings. The van der Waals surface area contributed by atoms with Crippen molar-refractivity contribution in [2.45, 2.75) is 25.9 Å². The van der Waals surface area contributed by atoms with Crippen LogP contribution in [0.15, 0.2) is 18.3 Å². The minimum atomic E-state index is 0.688. The molecule has 0 amide bonds. The summed E-state index contributed by atoms with van der Waals surface area (Å²) in [6.07, 6.45) is 3.06. The zero-order valence-electron chi connectivity index (χ0n) is 11.7. The molecular weight excluding hydrogens is 224 g/mol. The summed E-state index contributed by atoms with van der Waals surface area (Å²) in [6, 6.07) is 4.87. The van der Waals surface area contributed by atoms with Gasteiger partial charge in [0, 0.05) is 51.0 Å². The minimum absolute atomic E-state index is 0.688. The van der Waals surface area contributed by atoms with Gasteiger partial charge in [-0.1, -0.05) is 13.0 Å². The van der Waals surface area contributed by atoms with Gasteiger partial charge in [-0.05, 0) is 19.5 Å². The molecule has 1 aromatic heterocycles. The molecule has 18 heavy (non-hydrogen) atoms. The fourth-order valence-electron chi connectivity index (χ4n) is 2.63. The Bertz CT molecular complexity index is 380. The van der Waals surface area contributed by atoms with Crippen molar-refractivity contribution in [2.24, 2.45) is 0 Å². The van der Waals surface area contributed by atoms with Gasteiger partial charge in [0.1, 0.15) is 5.82 Å². The van der Waals surface area contributed by atoms with Gasteiger partial charge in [0.25, 0.3) is 0 Å². The van der Waals surface area contributed by atoms with Crippen LogP contribution < -0.4 is 5.32 Å². The molecule has 100 valence electrons. The number of nitrogens with one attached hydrogen (secondary N) is 1. The molecule has 0 bridgehead atoms. The maximum atomic E-state index is 4.37. The maximum Gasteiger partial charge on any atom is 0.130 e. The smallest absolute Gasteiger partial charge is 0.130 e. The Balaban J connectivity index is 2.01. The lowest BCUT2D eigenvalue weighted by atomic mass is 10.1. The van der Waals surface area contributed by atoms with E-state index in [1.165, 1.54) is 12.0 Å². The van der Waals surface area contributed by atoms with Crippen molar-refractivity contribution in [3.8, 4) is 0 Å². The van der Waals surface area contributed by atoms with E-state index >= 15 is 0 Å². The number of hydrogen-bond donors (Lipinski definition) is 1. The lowest BCUT2D eigenvalue weighted by Gasteiger charge is -2.39. The maximum absolute atomic E-state index is 4.37. The quantitative estimate of drug-likeness (QED) is 0.878. The fraction of sp³-hybridized carbons (Fsp3) is 0.643. The summed E-state index contributed by atoms with van der Waals surface area (Å²) < 4.78 is 0. The third-order valence-corrected chi connectivity index (χ3v) is 3.85. The van der Waals surface area contributed by atoms with Crippen LogP contribution in [0.2, 0.25) is 0 Å². The van der Waals surface area contributed by atoms with Crippen LogP contribution in [-0.4, -0.2) is 54.6 Å². The molecule has 1 saturated heterocycles. The van der Waals surface area contributed by atoms with Gasteiger partial charge in [-0.15, -0.1) is 0 Å². The van der Waals surface area contributed by atoms with Gasteiger partial charge in [-0.3, -0.25) is 4.90 Å². The van der Waals surface area contributed by atoms with Crippen LogP contribution in [0.3, 0.4) is 0 Å². The van der Waals surface area contributed by atoms with Gasteiger partial charge in [0.15, 0.2) is 0 Å². The zero-order chi connectivity index (χ0) is 13.0. The van der Waals surface area contributed by atoms with Gasteiger partial charge >= 0.3 is 0 Å². The minimum Gasteiger partial charge on any atom is -0.373 e. The molecule has 1 aromatic rings. The van der Waals surface area contributed by atoms with Crippen LogP contribution >= 0.6 is 0 Å². The molecule has 0 spiro atoms.